The number of benzene rings is 3. The summed E-state index contributed by atoms with van der Waals surface area (Å²) in [5, 5.41) is 0.269. The largest absolute Gasteiger partial charge is 0.460 e. The molecule has 2 amide bonds. The van der Waals surface area contributed by atoms with Crippen molar-refractivity contribution in [3.05, 3.63) is 99.9 Å². The molecule has 0 radical (unpaired) electrons. The Morgan fingerprint density at radius 2 is 1.57 bits per heavy atom. The van der Waals surface area contributed by atoms with Crippen LogP contribution in [0, 0.1) is 0 Å². The molecule has 0 saturated heterocycles. The number of fused-ring (bicyclic) bond motifs is 2. The predicted octanol–water partition coefficient (Wildman–Crippen LogP) is 5.30. The number of nitrogens with zero attached hydrogens (tertiary/aromatic N) is 1. The van der Waals surface area contributed by atoms with Gasteiger partial charge in [0.05, 0.1) is 22.9 Å². The number of carbonyl (C=O) groups excluding carboxylic acids is 3. The summed E-state index contributed by atoms with van der Waals surface area (Å²) in [6, 6.07) is 18.4. The minimum Gasteiger partial charge on any atom is -0.460 e. The van der Waals surface area contributed by atoms with Crippen molar-refractivity contribution in [1.82, 2.24) is 4.90 Å². The summed E-state index contributed by atoms with van der Waals surface area (Å²) >= 11 is 0. The highest BCUT2D eigenvalue weighted by Crippen LogP contribution is 2.30. The van der Waals surface area contributed by atoms with Gasteiger partial charge in [0.2, 0.25) is 11.2 Å². The van der Waals surface area contributed by atoms with Gasteiger partial charge in [-0.25, -0.2) is 0 Å². The van der Waals surface area contributed by atoms with Gasteiger partial charge in [0.1, 0.15) is 23.3 Å². The quantitative estimate of drug-likeness (QED) is 0.194. The Labute approximate surface area is 212 Å². The van der Waals surface area contributed by atoms with Gasteiger partial charge in [-0.2, -0.15) is 0 Å². The first-order valence-corrected chi connectivity index (χ1v) is 11.8. The molecule has 37 heavy (non-hydrogen) atoms. The van der Waals surface area contributed by atoms with Crippen LogP contribution in [0.15, 0.2) is 82.2 Å². The van der Waals surface area contributed by atoms with Crippen molar-refractivity contribution < 1.29 is 28.3 Å². The van der Waals surface area contributed by atoms with Gasteiger partial charge in [-0.05, 0) is 41.8 Å². The Kier molecular flexibility index (Phi) is 6.31. The van der Waals surface area contributed by atoms with Gasteiger partial charge in [-0.3, -0.25) is 24.1 Å². The molecule has 0 spiro atoms. The van der Waals surface area contributed by atoms with Crippen molar-refractivity contribution in [3.8, 4) is 17.2 Å². The molecule has 0 aliphatic carbocycles. The average molecular weight is 498 g/mol. The van der Waals surface area contributed by atoms with E-state index in [1.807, 2.05) is 32.0 Å². The average Bonchev–Trinajstić information content (AvgIpc) is 3.14. The molecule has 8 heteroatoms. The van der Waals surface area contributed by atoms with Gasteiger partial charge in [-0.15, -0.1) is 0 Å². The Balaban J connectivity index is 1.27. The lowest BCUT2D eigenvalue weighted by atomic mass is 10.0. The smallest absolute Gasteiger partial charge is 0.313 e. The number of hydrogen-bond donors (Lipinski definition) is 0. The van der Waals surface area contributed by atoms with E-state index in [0.29, 0.717) is 16.9 Å². The van der Waals surface area contributed by atoms with Crippen molar-refractivity contribution >= 4 is 28.8 Å². The third-order valence-electron chi connectivity index (χ3n) is 6.12. The molecule has 0 saturated carbocycles. The molecule has 0 unspecified atom stereocenters. The lowest BCUT2D eigenvalue weighted by Gasteiger charge is -2.13. The number of rotatable bonds is 7. The highest BCUT2D eigenvalue weighted by atomic mass is 16.5. The minimum absolute atomic E-state index is 0.0475. The molecule has 8 nitrogen and oxygen atoms in total. The van der Waals surface area contributed by atoms with Gasteiger partial charge in [0.25, 0.3) is 11.8 Å². The summed E-state index contributed by atoms with van der Waals surface area (Å²) in [6.07, 6.45) is 1.05. The maximum atomic E-state index is 13.0. The molecular formula is C29H23NO7. The van der Waals surface area contributed by atoms with Crippen molar-refractivity contribution in [2.75, 3.05) is 6.54 Å². The van der Waals surface area contributed by atoms with Crippen LogP contribution >= 0.6 is 0 Å². The first kappa shape index (κ1) is 24.0. The number of hydrogen-bond acceptors (Lipinski definition) is 7. The van der Waals surface area contributed by atoms with E-state index in [2.05, 4.69) is 0 Å². The monoisotopic (exact) mass is 497 g/mol. The second-order valence-corrected chi connectivity index (χ2v) is 8.91. The van der Waals surface area contributed by atoms with Gasteiger partial charge in [-0.1, -0.05) is 44.2 Å². The van der Waals surface area contributed by atoms with Gasteiger partial charge >= 0.3 is 5.97 Å². The van der Waals surface area contributed by atoms with Crippen LogP contribution in [0.1, 0.15) is 52.5 Å². The normalized spacial score (nSPS) is 12.8. The van der Waals surface area contributed by atoms with E-state index in [1.54, 1.807) is 30.3 Å². The predicted molar refractivity (Wildman–Crippen MR) is 135 cm³/mol. The van der Waals surface area contributed by atoms with Crippen LogP contribution in [0.3, 0.4) is 0 Å². The van der Waals surface area contributed by atoms with Crippen LogP contribution in [-0.2, 0) is 4.79 Å². The number of imide groups is 1. The summed E-state index contributed by atoms with van der Waals surface area (Å²) in [6.45, 7) is 3.97. The molecule has 1 aliphatic rings. The zero-order valence-electron chi connectivity index (χ0n) is 20.2. The molecule has 0 N–H and O–H groups in total. The number of ether oxygens (including phenoxy) is 2. The summed E-state index contributed by atoms with van der Waals surface area (Å²) in [4.78, 5) is 51.3. The summed E-state index contributed by atoms with van der Waals surface area (Å²) < 4.78 is 16.8. The fourth-order valence-electron chi connectivity index (χ4n) is 4.22. The van der Waals surface area contributed by atoms with Crippen molar-refractivity contribution in [1.29, 1.82) is 0 Å². The number of para-hydroxylation sites is 1. The Bertz CT molecular complexity index is 1570. The van der Waals surface area contributed by atoms with E-state index in [1.165, 1.54) is 24.5 Å². The van der Waals surface area contributed by atoms with E-state index in [9.17, 15) is 19.2 Å². The fourth-order valence-corrected chi connectivity index (χ4v) is 4.22. The molecular weight excluding hydrogens is 474 g/mol. The SMILES string of the molecule is CC(C)c1ccccc1Oc1coc2cc(OC(=O)CCN3C(=O)c4ccccc4C3=O)ccc2c1=O. The molecule has 1 aromatic heterocycles. The Morgan fingerprint density at radius 1 is 0.892 bits per heavy atom. The highest BCUT2D eigenvalue weighted by molar-refractivity contribution is 6.21. The molecule has 0 fully saturated rings. The third kappa shape index (κ3) is 4.61. The summed E-state index contributed by atoms with van der Waals surface area (Å²) in [7, 11) is 0. The van der Waals surface area contributed by atoms with E-state index in [4.69, 9.17) is 13.9 Å². The molecule has 4 aromatic rings. The topological polar surface area (TPSA) is 103 Å². The standard InChI is InChI=1S/C29H23NO7/c1-17(2)19-7-5-6-10-23(19)37-25-16-35-24-15-18(11-12-22(24)27(25)32)36-26(31)13-14-30-28(33)20-8-3-4-9-21(20)29(30)34/h3-12,15-17H,13-14H2,1-2H3. The lowest BCUT2D eigenvalue weighted by Crippen LogP contribution is -2.32. The van der Waals surface area contributed by atoms with Crippen LogP contribution < -0.4 is 14.9 Å². The second-order valence-electron chi connectivity index (χ2n) is 8.91. The zero-order valence-corrected chi connectivity index (χ0v) is 20.2. The third-order valence-corrected chi connectivity index (χ3v) is 6.12. The van der Waals surface area contributed by atoms with Crippen LogP contribution in [0.4, 0.5) is 0 Å². The summed E-state index contributed by atoms with van der Waals surface area (Å²) in [5.74, 6) is -0.507. The van der Waals surface area contributed by atoms with Gasteiger partial charge < -0.3 is 13.9 Å². The number of esters is 1. The van der Waals surface area contributed by atoms with Crippen LogP contribution in [-0.4, -0.2) is 29.2 Å². The molecule has 0 bridgehead atoms. The van der Waals surface area contributed by atoms with Crippen molar-refractivity contribution in [3.63, 3.8) is 0 Å². The van der Waals surface area contributed by atoms with Gasteiger partial charge in [0.15, 0.2) is 0 Å². The Hall–Kier alpha value is -4.72. The maximum absolute atomic E-state index is 13.0. The highest BCUT2D eigenvalue weighted by Gasteiger charge is 2.35. The minimum atomic E-state index is -0.636. The number of carbonyl (C=O) groups is 3. The molecule has 5 rings (SSSR count). The van der Waals surface area contributed by atoms with Gasteiger partial charge in [0, 0.05) is 12.6 Å². The van der Waals surface area contributed by atoms with E-state index < -0.39 is 17.8 Å². The maximum Gasteiger partial charge on any atom is 0.313 e. The molecule has 1 aliphatic heterocycles. The first-order valence-electron chi connectivity index (χ1n) is 11.8. The second kappa shape index (κ2) is 9.73. The van der Waals surface area contributed by atoms with E-state index in [-0.39, 0.29) is 46.8 Å². The molecule has 0 atom stereocenters. The molecule has 2 heterocycles. The Morgan fingerprint density at radius 3 is 2.27 bits per heavy atom. The number of amides is 2. The van der Waals surface area contributed by atoms with E-state index >= 15 is 0 Å². The zero-order chi connectivity index (χ0) is 26.1. The summed E-state index contributed by atoms with van der Waals surface area (Å²) in [5.41, 5.74) is 1.47. The molecule has 3 aromatic carbocycles. The van der Waals surface area contributed by atoms with Crippen LogP contribution in [0.5, 0.6) is 17.2 Å². The van der Waals surface area contributed by atoms with Crippen LogP contribution in [0.2, 0.25) is 0 Å². The van der Waals surface area contributed by atoms with Crippen molar-refractivity contribution in [2.45, 2.75) is 26.2 Å². The van der Waals surface area contributed by atoms with Crippen molar-refractivity contribution in [2.24, 2.45) is 0 Å². The van der Waals surface area contributed by atoms with E-state index in [0.717, 1.165) is 10.5 Å². The lowest BCUT2D eigenvalue weighted by molar-refractivity contribution is -0.134. The van der Waals surface area contributed by atoms with Crippen LogP contribution in [0.25, 0.3) is 11.0 Å². The first-order chi connectivity index (χ1) is 17.8. The molecule has 186 valence electrons. The fraction of sp³-hybridized carbons (Fsp3) is 0.172.